The minimum Gasteiger partial charge on any atom is -0.351 e. The highest BCUT2D eigenvalue weighted by molar-refractivity contribution is 6.02. The molecule has 1 amide bonds. The molecule has 2 aromatic rings. The maximum absolute atomic E-state index is 11.7. The van der Waals surface area contributed by atoms with Crippen molar-refractivity contribution < 1.29 is 9.32 Å². The summed E-state index contributed by atoms with van der Waals surface area (Å²) < 4.78 is 4.84. The zero-order valence-corrected chi connectivity index (χ0v) is 8.23. The molecule has 0 saturated carbocycles. The molecule has 4 heteroatoms. The first-order chi connectivity index (χ1) is 7.27. The monoisotopic (exact) mass is 202 g/mol. The molecule has 0 radical (unpaired) electrons. The molecule has 0 spiro atoms. The summed E-state index contributed by atoms with van der Waals surface area (Å²) in [7, 11) is 0. The zero-order chi connectivity index (χ0) is 10.7. The summed E-state index contributed by atoms with van der Waals surface area (Å²) in [5.74, 6) is -0.0324. The number of amides is 1. The Kier molecular flexibility index (Phi) is 2.49. The highest BCUT2D eigenvalue weighted by atomic mass is 16.5. The Hall–Kier alpha value is -2.10. The van der Waals surface area contributed by atoms with Gasteiger partial charge in [0.15, 0.2) is 0 Å². The van der Waals surface area contributed by atoms with Crippen molar-refractivity contribution in [2.45, 2.75) is 6.92 Å². The van der Waals surface area contributed by atoms with Gasteiger partial charge < -0.3 is 9.84 Å². The number of anilines is 1. The number of para-hydroxylation sites is 1. The van der Waals surface area contributed by atoms with Gasteiger partial charge in [-0.1, -0.05) is 23.4 Å². The topological polar surface area (TPSA) is 55.1 Å². The highest BCUT2D eigenvalue weighted by Gasteiger charge is 2.13. The van der Waals surface area contributed by atoms with E-state index in [-0.39, 0.29) is 11.7 Å². The van der Waals surface area contributed by atoms with Crippen molar-refractivity contribution in [2.75, 3.05) is 5.32 Å². The number of aryl methyl sites for hydroxylation is 1. The van der Waals surface area contributed by atoms with Crippen LogP contribution in [0.15, 0.2) is 41.1 Å². The van der Waals surface area contributed by atoms with Crippen LogP contribution in [0.3, 0.4) is 0 Å². The van der Waals surface area contributed by atoms with Crippen LogP contribution in [0.1, 0.15) is 16.1 Å². The summed E-state index contributed by atoms with van der Waals surface area (Å²) in [6.45, 7) is 1.77. The fourth-order valence-corrected chi connectivity index (χ4v) is 1.22. The number of rotatable bonds is 2. The maximum atomic E-state index is 11.7. The van der Waals surface area contributed by atoms with E-state index in [4.69, 9.17) is 4.52 Å². The van der Waals surface area contributed by atoms with E-state index >= 15 is 0 Å². The van der Waals surface area contributed by atoms with Gasteiger partial charge in [-0.05, 0) is 19.1 Å². The van der Waals surface area contributed by atoms with Crippen LogP contribution in [0.2, 0.25) is 0 Å². The van der Waals surface area contributed by atoms with Gasteiger partial charge in [0.1, 0.15) is 0 Å². The first-order valence-electron chi connectivity index (χ1n) is 4.55. The van der Waals surface area contributed by atoms with Crippen LogP contribution < -0.4 is 5.32 Å². The Labute approximate surface area is 86.9 Å². The molecule has 0 aliphatic rings. The SMILES string of the molecule is Cc1cnoc1C(=O)Nc1ccccc1. The molecular formula is C11H10N2O2. The number of benzene rings is 1. The Balaban J connectivity index is 2.15. The molecule has 0 saturated heterocycles. The molecule has 0 aliphatic heterocycles. The van der Waals surface area contributed by atoms with E-state index in [2.05, 4.69) is 10.5 Å². The molecule has 0 bridgehead atoms. The van der Waals surface area contributed by atoms with Gasteiger partial charge in [-0.15, -0.1) is 0 Å². The fraction of sp³-hybridized carbons (Fsp3) is 0.0909. The summed E-state index contributed by atoms with van der Waals surface area (Å²) >= 11 is 0. The van der Waals surface area contributed by atoms with Crippen molar-refractivity contribution >= 4 is 11.6 Å². The molecule has 0 fully saturated rings. The summed E-state index contributed by atoms with van der Waals surface area (Å²) in [6, 6.07) is 9.20. The van der Waals surface area contributed by atoms with Gasteiger partial charge in [0.2, 0.25) is 5.76 Å². The lowest BCUT2D eigenvalue weighted by atomic mass is 10.2. The van der Waals surface area contributed by atoms with E-state index in [0.717, 1.165) is 11.3 Å². The minimum absolute atomic E-state index is 0.249. The summed E-state index contributed by atoms with van der Waals surface area (Å²) in [5, 5.41) is 6.26. The van der Waals surface area contributed by atoms with Gasteiger partial charge in [0, 0.05) is 11.3 Å². The van der Waals surface area contributed by atoms with Crippen molar-refractivity contribution in [3.05, 3.63) is 47.9 Å². The Morgan fingerprint density at radius 3 is 2.67 bits per heavy atom. The molecule has 0 aliphatic carbocycles. The van der Waals surface area contributed by atoms with Crippen molar-refractivity contribution in [1.29, 1.82) is 0 Å². The third kappa shape index (κ3) is 2.04. The molecule has 1 heterocycles. The van der Waals surface area contributed by atoms with Gasteiger partial charge in [-0.3, -0.25) is 4.79 Å². The summed E-state index contributed by atoms with van der Waals surface area (Å²) in [6.07, 6.45) is 1.51. The molecule has 1 N–H and O–H groups in total. The molecule has 1 aromatic heterocycles. The molecular weight excluding hydrogens is 192 g/mol. The van der Waals surface area contributed by atoms with E-state index < -0.39 is 0 Å². The molecule has 76 valence electrons. The predicted molar refractivity (Wildman–Crippen MR) is 55.6 cm³/mol. The van der Waals surface area contributed by atoms with E-state index in [1.807, 2.05) is 30.3 Å². The quantitative estimate of drug-likeness (QED) is 0.812. The van der Waals surface area contributed by atoms with Gasteiger partial charge >= 0.3 is 0 Å². The van der Waals surface area contributed by atoms with Crippen molar-refractivity contribution in [3.63, 3.8) is 0 Å². The third-order valence-corrected chi connectivity index (χ3v) is 1.99. The van der Waals surface area contributed by atoms with Crippen LogP contribution in [-0.4, -0.2) is 11.1 Å². The lowest BCUT2D eigenvalue weighted by molar-refractivity contribution is 0.0987. The first-order valence-corrected chi connectivity index (χ1v) is 4.55. The number of carbonyl (C=O) groups excluding carboxylic acids is 1. The molecule has 4 nitrogen and oxygen atoms in total. The van der Waals surface area contributed by atoms with Crippen LogP contribution in [0.5, 0.6) is 0 Å². The van der Waals surface area contributed by atoms with E-state index in [0.29, 0.717) is 0 Å². The van der Waals surface area contributed by atoms with Gasteiger partial charge in [0.25, 0.3) is 5.91 Å². The van der Waals surface area contributed by atoms with Gasteiger partial charge in [-0.25, -0.2) is 0 Å². The second-order valence-corrected chi connectivity index (χ2v) is 3.16. The standard InChI is InChI=1S/C11H10N2O2/c1-8-7-12-15-10(8)11(14)13-9-5-3-2-4-6-9/h2-7H,1H3,(H,13,14). The normalized spacial score (nSPS) is 9.93. The Bertz CT molecular complexity index is 462. The van der Waals surface area contributed by atoms with E-state index in [9.17, 15) is 4.79 Å². The van der Waals surface area contributed by atoms with E-state index in [1.54, 1.807) is 6.92 Å². The Morgan fingerprint density at radius 2 is 2.07 bits per heavy atom. The second-order valence-electron chi connectivity index (χ2n) is 3.16. The third-order valence-electron chi connectivity index (χ3n) is 1.99. The van der Waals surface area contributed by atoms with Crippen molar-refractivity contribution in [2.24, 2.45) is 0 Å². The minimum atomic E-state index is -0.281. The number of nitrogens with zero attached hydrogens (tertiary/aromatic N) is 1. The predicted octanol–water partition coefficient (Wildman–Crippen LogP) is 2.24. The van der Waals surface area contributed by atoms with Crippen LogP contribution in [0.25, 0.3) is 0 Å². The highest BCUT2D eigenvalue weighted by Crippen LogP contribution is 2.10. The largest absolute Gasteiger partial charge is 0.351 e. The summed E-state index contributed by atoms with van der Waals surface area (Å²) in [4.78, 5) is 11.7. The molecule has 0 unspecified atom stereocenters. The lowest BCUT2D eigenvalue weighted by Crippen LogP contribution is -2.11. The van der Waals surface area contributed by atoms with Crippen molar-refractivity contribution in [3.8, 4) is 0 Å². The van der Waals surface area contributed by atoms with Crippen LogP contribution in [0, 0.1) is 6.92 Å². The van der Waals surface area contributed by atoms with Gasteiger partial charge in [-0.2, -0.15) is 0 Å². The smallest absolute Gasteiger partial charge is 0.294 e. The average molecular weight is 202 g/mol. The second kappa shape index (κ2) is 3.96. The number of aromatic nitrogens is 1. The number of nitrogens with one attached hydrogen (secondary N) is 1. The van der Waals surface area contributed by atoms with Crippen LogP contribution in [0.4, 0.5) is 5.69 Å². The van der Waals surface area contributed by atoms with Crippen molar-refractivity contribution in [1.82, 2.24) is 5.16 Å². The fourth-order valence-electron chi connectivity index (χ4n) is 1.22. The molecule has 0 atom stereocenters. The maximum Gasteiger partial charge on any atom is 0.294 e. The number of carbonyl (C=O) groups is 1. The molecule has 1 aromatic carbocycles. The lowest BCUT2D eigenvalue weighted by Gasteiger charge is -2.01. The van der Waals surface area contributed by atoms with E-state index in [1.165, 1.54) is 6.20 Å². The zero-order valence-electron chi connectivity index (χ0n) is 8.23. The first kappa shape index (κ1) is 9.45. The summed E-state index contributed by atoms with van der Waals surface area (Å²) in [5.41, 5.74) is 1.46. The Morgan fingerprint density at radius 1 is 1.33 bits per heavy atom. The van der Waals surface area contributed by atoms with Crippen LogP contribution >= 0.6 is 0 Å². The number of hydrogen-bond donors (Lipinski definition) is 1. The van der Waals surface area contributed by atoms with Crippen LogP contribution in [-0.2, 0) is 0 Å². The molecule has 2 rings (SSSR count). The molecule has 15 heavy (non-hydrogen) atoms. The van der Waals surface area contributed by atoms with Gasteiger partial charge in [0.05, 0.1) is 6.20 Å². The average Bonchev–Trinajstić information content (AvgIpc) is 2.66. The number of hydrogen-bond acceptors (Lipinski definition) is 3.